The van der Waals surface area contributed by atoms with E-state index in [4.69, 9.17) is 0 Å². The Kier molecular flexibility index (Phi) is 4.39. The molecule has 0 atom stereocenters. The lowest BCUT2D eigenvalue weighted by molar-refractivity contribution is -0.117. The second-order valence-corrected chi connectivity index (χ2v) is 7.90. The third-order valence-corrected chi connectivity index (χ3v) is 4.43. The summed E-state index contributed by atoms with van der Waals surface area (Å²) >= 11 is 0. The molecule has 1 aliphatic rings. The van der Waals surface area contributed by atoms with Crippen LogP contribution >= 0.6 is 0 Å². The molecule has 0 saturated heterocycles. The number of aromatic nitrogens is 1. The normalized spacial score (nSPS) is 14.4. The monoisotopic (exact) mass is 325 g/mol. The van der Waals surface area contributed by atoms with Crippen molar-refractivity contribution in [3.05, 3.63) is 47.8 Å². The van der Waals surface area contributed by atoms with Crippen LogP contribution < -0.4 is 10.2 Å². The minimum Gasteiger partial charge on any atom is -0.364 e. The molecule has 0 radical (unpaired) electrons. The largest absolute Gasteiger partial charge is 0.364 e. The van der Waals surface area contributed by atoms with E-state index < -0.39 is 0 Å². The maximum atomic E-state index is 12.2. The zero-order chi connectivity index (χ0) is 17.3. The van der Waals surface area contributed by atoms with Crippen LogP contribution in [0.5, 0.6) is 0 Å². The molecule has 0 aliphatic carbocycles. The van der Waals surface area contributed by atoms with E-state index in [9.17, 15) is 4.79 Å². The maximum absolute atomic E-state index is 12.2. The molecular formula is C20H27N3O. The molecular weight excluding hydrogens is 298 g/mol. The van der Waals surface area contributed by atoms with Gasteiger partial charge in [-0.25, -0.2) is 0 Å². The van der Waals surface area contributed by atoms with Gasteiger partial charge in [-0.2, -0.15) is 0 Å². The smallest absolute Gasteiger partial charge is 0.224 e. The number of rotatable bonds is 3. The number of benzene rings is 1. The van der Waals surface area contributed by atoms with E-state index in [-0.39, 0.29) is 11.3 Å². The summed E-state index contributed by atoms with van der Waals surface area (Å²) in [4.78, 5) is 14.5. The van der Waals surface area contributed by atoms with Gasteiger partial charge in [0.15, 0.2) is 0 Å². The highest BCUT2D eigenvalue weighted by molar-refractivity contribution is 5.92. The molecule has 4 nitrogen and oxygen atoms in total. The summed E-state index contributed by atoms with van der Waals surface area (Å²) in [5.74, 6) is 0.0779. The van der Waals surface area contributed by atoms with Gasteiger partial charge < -0.3 is 14.8 Å². The van der Waals surface area contributed by atoms with Crippen LogP contribution in [0, 0.1) is 12.3 Å². The van der Waals surface area contributed by atoms with Crippen LogP contribution in [0.25, 0.3) is 0 Å². The number of carbonyl (C=O) groups excluding carboxylic acids is 1. The number of nitrogens with one attached hydrogen (secondary N) is 1. The van der Waals surface area contributed by atoms with Crippen LogP contribution in [0.3, 0.4) is 0 Å². The van der Waals surface area contributed by atoms with E-state index in [0.29, 0.717) is 6.42 Å². The van der Waals surface area contributed by atoms with E-state index in [1.54, 1.807) is 0 Å². The van der Waals surface area contributed by atoms with Gasteiger partial charge in [0.25, 0.3) is 0 Å². The van der Waals surface area contributed by atoms with Crippen molar-refractivity contribution in [2.45, 2.75) is 47.2 Å². The van der Waals surface area contributed by atoms with Crippen LogP contribution in [-0.4, -0.2) is 17.0 Å². The van der Waals surface area contributed by atoms with Gasteiger partial charge in [0.1, 0.15) is 0 Å². The summed E-state index contributed by atoms with van der Waals surface area (Å²) in [6, 6.07) is 10.6. The summed E-state index contributed by atoms with van der Waals surface area (Å²) in [6.45, 7) is 11.3. The van der Waals surface area contributed by atoms with Crippen molar-refractivity contribution in [1.29, 1.82) is 0 Å². The lowest BCUT2D eigenvalue weighted by Gasteiger charge is -2.31. The van der Waals surface area contributed by atoms with E-state index in [0.717, 1.165) is 30.9 Å². The number of carbonyl (C=O) groups is 1. The highest BCUT2D eigenvalue weighted by Gasteiger charge is 2.18. The summed E-state index contributed by atoms with van der Waals surface area (Å²) in [5.41, 5.74) is 4.58. The van der Waals surface area contributed by atoms with Gasteiger partial charge in [-0.15, -0.1) is 0 Å². The molecule has 24 heavy (non-hydrogen) atoms. The SMILES string of the molecule is Cc1cc(N2CCn3cccc3C2)ccc1NC(=O)CC(C)(C)C. The first-order chi connectivity index (χ1) is 11.3. The lowest BCUT2D eigenvalue weighted by Crippen LogP contribution is -2.33. The first kappa shape index (κ1) is 16.6. The number of hydrogen-bond donors (Lipinski definition) is 1. The van der Waals surface area contributed by atoms with Crippen molar-refractivity contribution in [1.82, 2.24) is 4.57 Å². The fourth-order valence-electron chi connectivity index (χ4n) is 3.20. The molecule has 0 unspecified atom stereocenters. The highest BCUT2D eigenvalue weighted by Crippen LogP contribution is 2.27. The van der Waals surface area contributed by atoms with Crippen LogP contribution in [0.2, 0.25) is 0 Å². The Morgan fingerprint density at radius 1 is 1.21 bits per heavy atom. The maximum Gasteiger partial charge on any atom is 0.224 e. The molecule has 0 saturated carbocycles. The zero-order valence-corrected chi connectivity index (χ0v) is 15.1. The van der Waals surface area contributed by atoms with Gasteiger partial charge in [0.2, 0.25) is 5.91 Å². The van der Waals surface area contributed by atoms with E-state index in [2.05, 4.69) is 72.9 Å². The molecule has 4 heteroatoms. The van der Waals surface area contributed by atoms with Crippen LogP contribution in [0.1, 0.15) is 38.4 Å². The van der Waals surface area contributed by atoms with Crippen molar-refractivity contribution >= 4 is 17.3 Å². The predicted octanol–water partition coefficient (Wildman–Crippen LogP) is 4.19. The molecule has 1 aliphatic heterocycles. The molecule has 1 aromatic heterocycles. The van der Waals surface area contributed by atoms with Crippen LogP contribution in [0.4, 0.5) is 11.4 Å². The zero-order valence-electron chi connectivity index (χ0n) is 15.1. The lowest BCUT2D eigenvalue weighted by atomic mass is 9.92. The molecule has 2 heterocycles. The Bertz CT molecular complexity index is 740. The van der Waals surface area contributed by atoms with Crippen molar-refractivity contribution < 1.29 is 4.79 Å². The fraction of sp³-hybridized carbons (Fsp3) is 0.450. The van der Waals surface area contributed by atoms with Crippen LogP contribution in [0.15, 0.2) is 36.5 Å². The standard InChI is InChI=1S/C20H27N3O/c1-15-12-16(23-11-10-22-9-5-6-17(22)14-23)7-8-18(15)21-19(24)13-20(2,3)4/h5-9,12H,10-11,13-14H2,1-4H3,(H,21,24). The van der Waals surface area contributed by atoms with Gasteiger partial charge in [-0.1, -0.05) is 20.8 Å². The molecule has 3 rings (SSSR count). The first-order valence-corrected chi connectivity index (χ1v) is 8.61. The van der Waals surface area contributed by atoms with Crippen molar-refractivity contribution in [2.24, 2.45) is 5.41 Å². The average molecular weight is 325 g/mol. The molecule has 0 bridgehead atoms. The molecule has 2 aromatic rings. The second-order valence-electron chi connectivity index (χ2n) is 7.90. The van der Waals surface area contributed by atoms with E-state index >= 15 is 0 Å². The number of amides is 1. The molecule has 0 fully saturated rings. The first-order valence-electron chi connectivity index (χ1n) is 8.61. The van der Waals surface area contributed by atoms with Gasteiger partial charge in [0.05, 0.1) is 6.54 Å². The van der Waals surface area contributed by atoms with E-state index in [1.807, 2.05) is 6.07 Å². The number of anilines is 2. The minimum atomic E-state index is 0.000640. The third kappa shape index (κ3) is 3.81. The summed E-state index contributed by atoms with van der Waals surface area (Å²) in [6.07, 6.45) is 2.67. The quantitative estimate of drug-likeness (QED) is 0.918. The van der Waals surface area contributed by atoms with Crippen molar-refractivity contribution in [3.63, 3.8) is 0 Å². The number of fused-ring (bicyclic) bond motifs is 1. The van der Waals surface area contributed by atoms with Crippen LogP contribution in [-0.2, 0) is 17.9 Å². The molecule has 128 valence electrons. The Morgan fingerprint density at radius 2 is 2.00 bits per heavy atom. The predicted molar refractivity (Wildman–Crippen MR) is 99.4 cm³/mol. The molecule has 1 N–H and O–H groups in total. The molecule has 1 aromatic carbocycles. The summed E-state index contributed by atoms with van der Waals surface area (Å²) in [5, 5.41) is 3.05. The Balaban J connectivity index is 1.70. The van der Waals surface area contributed by atoms with Gasteiger partial charge in [-0.05, 0) is 48.2 Å². The van der Waals surface area contributed by atoms with Crippen molar-refractivity contribution in [3.8, 4) is 0 Å². The summed E-state index contributed by atoms with van der Waals surface area (Å²) in [7, 11) is 0. The Labute approximate surface area is 144 Å². The number of nitrogens with zero attached hydrogens (tertiary/aromatic N) is 2. The van der Waals surface area contributed by atoms with Crippen molar-refractivity contribution in [2.75, 3.05) is 16.8 Å². The second kappa shape index (κ2) is 6.34. The van der Waals surface area contributed by atoms with Gasteiger partial charge in [-0.3, -0.25) is 4.79 Å². The minimum absolute atomic E-state index is 0.000640. The summed E-state index contributed by atoms with van der Waals surface area (Å²) < 4.78 is 2.31. The Hall–Kier alpha value is -2.23. The van der Waals surface area contributed by atoms with Gasteiger partial charge in [0, 0.05) is 42.8 Å². The number of aryl methyl sites for hydroxylation is 1. The van der Waals surface area contributed by atoms with E-state index in [1.165, 1.54) is 11.4 Å². The highest BCUT2D eigenvalue weighted by atomic mass is 16.1. The molecule has 1 amide bonds. The third-order valence-electron chi connectivity index (χ3n) is 4.43. The fourth-order valence-corrected chi connectivity index (χ4v) is 3.20. The Morgan fingerprint density at radius 3 is 2.71 bits per heavy atom. The topological polar surface area (TPSA) is 37.3 Å². The number of hydrogen-bond acceptors (Lipinski definition) is 2. The molecule has 0 spiro atoms. The van der Waals surface area contributed by atoms with Gasteiger partial charge >= 0.3 is 0 Å². The average Bonchev–Trinajstić information content (AvgIpc) is 2.94.